The predicted octanol–water partition coefficient (Wildman–Crippen LogP) is 4.17. The van der Waals surface area contributed by atoms with Crippen LogP contribution in [0.3, 0.4) is 0 Å². The molecule has 19 heavy (non-hydrogen) atoms. The van der Waals surface area contributed by atoms with Crippen molar-refractivity contribution < 1.29 is 0 Å². The number of para-hydroxylation sites is 1. The van der Waals surface area contributed by atoms with Crippen molar-refractivity contribution in [2.24, 2.45) is 5.73 Å². The Labute approximate surface area is 123 Å². The molecule has 4 heteroatoms. The number of thioether (sulfide) groups is 1. The van der Waals surface area contributed by atoms with Crippen molar-refractivity contribution in [2.75, 3.05) is 18.1 Å². The van der Waals surface area contributed by atoms with E-state index in [1.54, 1.807) is 11.8 Å². The number of halogens is 1. The number of rotatable bonds is 5. The molecule has 0 aliphatic carbocycles. The number of benzene rings is 2. The van der Waals surface area contributed by atoms with E-state index in [1.165, 1.54) is 10.5 Å². The Morgan fingerprint density at radius 3 is 2.42 bits per heavy atom. The molecule has 0 fully saturated rings. The minimum absolute atomic E-state index is 0.0656. The third-order valence-corrected chi connectivity index (χ3v) is 4.03. The van der Waals surface area contributed by atoms with Crippen LogP contribution in [-0.2, 0) is 0 Å². The molecular formula is C15H17ClN2S. The van der Waals surface area contributed by atoms with Crippen LogP contribution >= 0.6 is 23.4 Å². The van der Waals surface area contributed by atoms with Gasteiger partial charge in [0.15, 0.2) is 0 Å². The van der Waals surface area contributed by atoms with Gasteiger partial charge in [0.25, 0.3) is 0 Å². The van der Waals surface area contributed by atoms with E-state index in [9.17, 15) is 0 Å². The van der Waals surface area contributed by atoms with E-state index in [0.717, 1.165) is 5.69 Å². The summed E-state index contributed by atoms with van der Waals surface area (Å²) in [7, 11) is 0. The molecule has 0 heterocycles. The van der Waals surface area contributed by atoms with Gasteiger partial charge in [-0.3, -0.25) is 0 Å². The van der Waals surface area contributed by atoms with Gasteiger partial charge in [0.2, 0.25) is 0 Å². The van der Waals surface area contributed by atoms with Gasteiger partial charge < -0.3 is 11.1 Å². The van der Waals surface area contributed by atoms with Crippen LogP contribution in [0, 0.1) is 0 Å². The molecule has 3 N–H and O–H groups in total. The topological polar surface area (TPSA) is 38.0 Å². The standard InChI is InChI=1S/C15H17ClN2S/c1-19-12-8-6-11(7-9-12)15(10-17)18-14-5-3-2-4-13(14)16/h2-9,15,18H,10,17H2,1H3. The Balaban J connectivity index is 2.17. The molecule has 0 bridgehead atoms. The molecule has 0 spiro atoms. The molecule has 100 valence electrons. The van der Waals surface area contributed by atoms with Crippen LogP contribution in [0.25, 0.3) is 0 Å². The van der Waals surface area contributed by atoms with Crippen LogP contribution in [0.15, 0.2) is 53.4 Å². The Hall–Kier alpha value is -1.16. The van der Waals surface area contributed by atoms with Crippen LogP contribution in [0.2, 0.25) is 5.02 Å². The molecule has 2 aromatic carbocycles. The summed E-state index contributed by atoms with van der Waals surface area (Å²) < 4.78 is 0. The van der Waals surface area contributed by atoms with Gasteiger partial charge in [-0.25, -0.2) is 0 Å². The van der Waals surface area contributed by atoms with E-state index in [0.29, 0.717) is 11.6 Å². The summed E-state index contributed by atoms with van der Waals surface area (Å²) in [6.07, 6.45) is 2.07. The van der Waals surface area contributed by atoms with Gasteiger partial charge in [-0.05, 0) is 36.1 Å². The first-order valence-corrected chi connectivity index (χ1v) is 7.70. The normalized spacial score (nSPS) is 12.2. The number of hydrogen-bond acceptors (Lipinski definition) is 3. The van der Waals surface area contributed by atoms with Crippen molar-refractivity contribution in [3.63, 3.8) is 0 Å². The van der Waals surface area contributed by atoms with Gasteiger partial charge in [-0.15, -0.1) is 11.8 Å². The van der Waals surface area contributed by atoms with Gasteiger partial charge in [0, 0.05) is 11.4 Å². The van der Waals surface area contributed by atoms with Gasteiger partial charge in [0.05, 0.1) is 16.8 Å². The van der Waals surface area contributed by atoms with E-state index >= 15 is 0 Å². The van der Waals surface area contributed by atoms with E-state index < -0.39 is 0 Å². The van der Waals surface area contributed by atoms with Crippen molar-refractivity contribution >= 4 is 29.1 Å². The summed E-state index contributed by atoms with van der Waals surface area (Å²) >= 11 is 7.88. The maximum atomic E-state index is 6.15. The lowest BCUT2D eigenvalue weighted by Gasteiger charge is -2.19. The summed E-state index contributed by atoms with van der Waals surface area (Å²) in [5, 5.41) is 4.10. The SMILES string of the molecule is CSc1ccc(C(CN)Nc2ccccc2Cl)cc1. The van der Waals surface area contributed by atoms with Gasteiger partial charge in [-0.1, -0.05) is 35.9 Å². The lowest BCUT2D eigenvalue weighted by atomic mass is 10.1. The zero-order valence-electron chi connectivity index (χ0n) is 10.8. The lowest BCUT2D eigenvalue weighted by molar-refractivity contribution is 0.789. The molecule has 0 aliphatic rings. The van der Waals surface area contributed by atoms with Crippen molar-refractivity contribution in [3.8, 4) is 0 Å². The zero-order valence-corrected chi connectivity index (χ0v) is 12.3. The van der Waals surface area contributed by atoms with Crippen molar-refractivity contribution in [3.05, 3.63) is 59.1 Å². The number of nitrogens with two attached hydrogens (primary N) is 1. The zero-order chi connectivity index (χ0) is 13.7. The quantitative estimate of drug-likeness (QED) is 0.812. The third kappa shape index (κ3) is 3.66. The predicted molar refractivity (Wildman–Crippen MR) is 85.1 cm³/mol. The highest BCUT2D eigenvalue weighted by Gasteiger charge is 2.10. The second-order valence-corrected chi connectivity index (χ2v) is 5.47. The van der Waals surface area contributed by atoms with Crippen LogP contribution < -0.4 is 11.1 Å². The van der Waals surface area contributed by atoms with Crippen molar-refractivity contribution in [1.82, 2.24) is 0 Å². The Kier molecular flexibility index (Phi) is 5.14. The Morgan fingerprint density at radius 2 is 1.84 bits per heavy atom. The van der Waals surface area contributed by atoms with E-state index in [2.05, 4.69) is 35.8 Å². The molecule has 0 aliphatic heterocycles. The molecule has 2 aromatic rings. The van der Waals surface area contributed by atoms with Gasteiger partial charge in [-0.2, -0.15) is 0 Å². The van der Waals surface area contributed by atoms with Crippen LogP contribution in [0.4, 0.5) is 5.69 Å². The lowest BCUT2D eigenvalue weighted by Crippen LogP contribution is -2.20. The Morgan fingerprint density at radius 1 is 1.16 bits per heavy atom. The van der Waals surface area contributed by atoms with Crippen LogP contribution in [0.5, 0.6) is 0 Å². The molecule has 1 unspecified atom stereocenters. The third-order valence-electron chi connectivity index (χ3n) is 2.96. The molecule has 0 radical (unpaired) electrons. The molecule has 2 nitrogen and oxygen atoms in total. The average Bonchev–Trinajstić information content (AvgIpc) is 2.47. The summed E-state index contributed by atoms with van der Waals surface area (Å²) in [4.78, 5) is 1.25. The molecule has 0 saturated heterocycles. The minimum atomic E-state index is 0.0656. The highest BCUT2D eigenvalue weighted by Crippen LogP contribution is 2.26. The molecule has 0 saturated carbocycles. The maximum Gasteiger partial charge on any atom is 0.0637 e. The first-order valence-electron chi connectivity index (χ1n) is 6.09. The molecule has 0 amide bonds. The van der Waals surface area contributed by atoms with E-state index in [-0.39, 0.29) is 6.04 Å². The largest absolute Gasteiger partial charge is 0.376 e. The summed E-state index contributed by atoms with van der Waals surface area (Å²) in [6.45, 7) is 0.518. The van der Waals surface area contributed by atoms with Gasteiger partial charge >= 0.3 is 0 Å². The first kappa shape index (κ1) is 14.3. The smallest absolute Gasteiger partial charge is 0.0637 e. The summed E-state index contributed by atoms with van der Waals surface area (Å²) in [5.74, 6) is 0. The fraction of sp³-hybridized carbons (Fsp3) is 0.200. The van der Waals surface area contributed by atoms with E-state index in [4.69, 9.17) is 17.3 Å². The number of hydrogen-bond donors (Lipinski definition) is 2. The Bertz CT molecular complexity index is 528. The van der Waals surface area contributed by atoms with Crippen LogP contribution in [-0.4, -0.2) is 12.8 Å². The maximum absolute atomic E-state index is 6.15. The molecule has 2 rings (SSSR count). The molecular weight excluding hydrogens is 276 g/mol. The summed E-state index contributed by atoms with van der Waals surface area (Å²) in [6, 6.07) is 16.2. The van der Waals surface area contributed by atoms with Gasteiger partial charge in [0.1, 0.15) is 0 Å². The first-order chi connectivity index (χ1) is 9.24. The fourth-order valence-corrected chi connectivity index (χ4v) is 2.48. The second-order valence-electron chi connectivity index (χ2n) is 4.19. The van der Waals surface area contributed by atoms with Crippen LogP contribution in [0.1, 0.15) is 11.6 Å². The van der Waals surface area contributed by atoms with Crippen molar-refractivity contribution in [1.29, 1.82) is 0 Å². The van der Waals surface area contributed by atoms with E-state index in [1.807, 2.05) is 24.3 Å². The second kappa shape index (κ2) is 6.85. The minimum Gasteiger partial charge on any atom is -0.376 e. The fourth-order valence-electron chi connectivity index (χ4n) is 1.88. The summed E-state index contributed by atoms with van der Waals surface area (Å²) in [5.41, 5.74) is 7.94. The highest BCUT2D eigenvalue weighted by molar-refractivity contribution is 7.98. The molecule has 1 atom stereocenters. The average molecular weight is 293 g/mol. The number of anilines is 1. The molecule has 0 aromatic heterocycles. The highest BCUT2D eigenvalue weighted by atomic mass is 35.5. The number of nitrogens with one attached hydrogen (secondary N) is 1. The van der Waals surface area contributed by atoms with Crippen molar-refractivity contribution in [2.45, 2.75) is 10.9 Å². The monoisotopic (exact) mass is 292 g/mol.